The van der Waals surface area contributed by atoms with Crippen molar-refractivity contribution in [3.8, 4) is 0 Å². The maximum absolute atomic E-state index is 2.30. The Labute approximate surface area is 97.0 Å². The molecule has 2 aliphatic rings. The molecule has 1 aromatic carbocycles. The summed E-state index contributed by atoms with van der Waals surface area (Å²) in [6.07, 6.45) is 14.6. The van der Waals surface area contributed by atoms with E-state index in [1.54, 1.807) is 0 Å². The van der Waals surface area contributed by atoms with Gasteiger partial charge in [-0.3, -0.25) is 0 Å². The van der Waals surface area contributed by atoms with Gasteiger partial charge in [0.2, 0.25) is 0 Å². The van der Waals surface area contributed by atoms with Gasteiger partial charge in [-0.15, -0.1) is 0 Å². The van der Waals surface area contributed by atoms with Crippen molar-refractivity contribution in [2.24, 2.45) is 5.92 Å². The SMILES string of the molecule is CC1C=Cc2c(CC3C=CC=C3)cccc21. The fourth-order valence-corrected chi connectivity index (χ4v) is 2.62. The first-order chi connectivity index (χ1) is 7.84. The van der Waals surface area contributed by atoms with Gasteiger partial charge in [0.15, 0.2) is 0 Å². The van der Waals surface area contributed by atoms with Gasteiger partial charge in [0.25, 0.3) is 0 Å². The van der Waals surface area contributed by atoms with E-state index in [4.69, 9.17) is 0 Å². The second-order valence-electron chi connectivity index (χ2n) is 4.71. The zero-order chi connectivity index (χ0) is 11.0. The highest BCUT2D eigenvalue weighted by molar-refractivity contribution is 5.65. The molecule has 0 spiro atoms. The van der Waals surface area contributed by atoms with E-state index < -0.39 is 0 Å². The molecule has 1 atom stereocenters. The Morgan fingerprint density at radius 3 is 2.69 bits per heavy atom. The third-order valence-corrected chi connectivity index (χ3v) is 3.56. The lowest BCUT2D eigenvalue weighted by molar-refractivity contribution is 0.812. The normalized spacial score (nSPS) is 21.9. The molecule has 0 aromatic heterocycles. The molecular weight excluding hydrogens is 192 g/mol. The van der Waals surface area contributed by atoms with Crippen molar-refractivity contribution in [1.29, 1.82) is 0 Å². The largest absolute Gasteiger partial charge is 0.0773 e. The first-order valence-electron chi connectivity index (χ1n) is 5.99. The third kappa shape index (κ3) is 1.55. The molecule has 0 radical (unpaired) electrons. The molecular formula is C16H16. The molecule has 0 saturated heterocycles. The molecule has 0 fully saturated rings. The molecule has 16 heavy (non-hydrogen) atoms. The standard InChI is InChI=1S/C16H16/c1-12-9-10-16-14(7-4-8-15(12)16)11-13-5-2-3-6-13/h2-10,12-13H,11H2,1H3. The van der Waals surface area contributed by atoms with Crippen molar-refractivity contribution in [3.05, 3.63) is 65.3 Å². The summed E-state index contributed by atoms with van der Waals surface area (Å²) in [6, 6.07) is 6.71. The molecule has 1 aromatic rings. The van der Waals surface area contributed by atoms with Crippen molar-refractivity contribution < 1.29 is 0 Å². The summed E-state index contributed by atoms with van der Waals surface area (Å²) in [5.41, 5.74) is 4.44. The van der Waals surface area contributed by atoms with E-state index in [2.05, 4.69) is 61.6 Å². The Hall–Kier alpha value is -1.56. The van der Waals surface area contributed by atoms with Crippen molar-refractivity contribution in [2.75, 3.05) is 0 Å². The van der Waals surface area contributed by atoms with Gasteiger partial charge in [0.05, 0.1) is 0 Å². The topological polar surface area (TPSA) is 0 Å². The van der Waals surface area contributed by atoms with E-state index in [1.807, 2.05) is 0 Å². The second-order valence-corrected chi connectivity index (χ2v) is 4.71. The Balaban J connectivity index is 1.93. The molecule has 0 amide bonds. The van der Waals surface area contributed by atoms with Crippen LogP contribution in [0.5, 0.6) is 0 Å². The van der Waals surface area contributed by atoms with Crippen LogP contribution in [0.2, 0.25) is 0 Å². The van der Waals surface area contributed by atoms with E-state index in [0.717, 1.165) is 6.42 Å². The fourth-order valence-electron chi connectivity index (χ4n) is 2.62. The molecule has 0 saturated carbocycles. The minimum absolute atomic E-state index is 0.588. The average molecular weight is 208 g/mol. The van der Waals surface area contributed by atoms with E-state index in [1.165, 1.54) is 16.7 Å². The van der Waals surface area contributed by atoms with Crippen LogP contribution < -0.4 is 0 Å². The number of benzene rings is 1. The molecule has 2 aliphatic carbocycles. The number of hydrogen-bond donors (Lipinski definition) is 0. The van der Waals surface area contributed by atoms with Crippen LogP contribution in [0.25, 0.3) is 6.08 Å². The zero-order valence-electron chi connectivity index (χ0n) is 9.56. The van der Waals surface area contributed by atoms with Crippen LogP contribution in [0.15, 0.2) is 48.6 Å². The summed E-state index contributed by atoms with van der Waals surface area (Å²) in [4.78, 5) is 0. The van der Waals surface area contributed by atoms with Gasteiger partial charge in [-0.05, 0) is 34.9 Å². The van der Waals surface area contributed by atoms with E-state index in [-0.39, 0.29) is 0 Å². The second kappa shape index (κ2) is 3.79. The lowest BCUT2D eigenvalue weighted by atomic mass is 9.93. The fraction of sp³-hybridized carbons (Fsp3) is 0.250. The Bertz CT molecular complexity index is 477. The lowest BCUT2D eigenvalue weighted by Crippen LogP contribution is -1.99. The van der Waals surface area contributed by atoms with Gasteiger partial charge in [0.1, 0.15) is 0 Å². The summed E-state index contributed by atoms with van der Waals surface area (Å²) in [5, 5.41) is 0. The van der Waals surface area contributed by atoms with Crippen molar-refractivity contribution in [3.63, 3.8) is 0 Å². The Morgan fingerprint density at radius 1 is 1.06 bits per heavy atom. The molecule has 80 valence electrons. The highest BCUT2D eigenvalue weighted by Crippen LogP contribution is 2.33. The van der Waals surface area contributed by atoms with Gasteiger partial charge in [-0.1, -0.05) is 61.6 Å². The lowest BCUT2D eigenvalue weighted by Gasteiger charge is -2.11. The maximum atomic E-state index is 2.30. The van der Waals surface area contributed by atoms with Gasteiger partial charge in [-0.25, -0.2) is 0 Å². The smallest absolute Gasteiger partial charge is 0.000107 e. The minimum Gasteiger partial charge on any atom is -0.0773 e. The van der Waals surface area contributed by atoms with Gasteiger partial charge < -0.3 is 0 Å². The van der Waals surface area contributed by atoms with Crippen LogP contribution in [0.4, 0.5) is 0 Å². The molecule has 1 unspecified atom stereocenters. The maximum Gasteiger partial charge on any atom is -0.000107 e. The molecule has 0 N–H and O–H groups in total. The molecule has 0 heterocycles. The summed E-state index contributed by atoms with van der Waals surface area (Å²) in [7, 11) is 0. The van der Waals surface area contributed by atoms with E-state index in [9.17, 15) is 0 Å². The van der Waals surface area contributed by atoms with Crippen LogP contribution in [-0.4, -0.2) is 0 Å². The minimum atomic E-state index is 0.588. The van der Waals surface area contributed by atoms with Gasteiger partial charge >= 0.3 is 0 Å². The first-order valence-corrected chi connectivity index (χ1v) is 5.99. The first kappa shape index (κ1) is 9.65. The molecule has 0 heteroatoms. The van der Waals surface area contributed by atoms with Crippen LogP contribution in [0.3, 0.4) is 0 Å². The summed E-state index contributed by atoms with van der Waals surface area (Å²) in [6.45, 7) is 2.27. The van der Waals surface area contributed by atoms with Crippen LogP contribution in [-0.2, 0) is 6.42 Å². The highest BCUT2D eigenvalue weighted by Gasteiger charge is 2.16. The van der Waals surface area contributed by atoms with Gasteiger partial charge in [-0.2, -0.15) is 0 Å². The van der Waals surface area contributed by atoms with Crippen molar-refractivity contribution >= 4 is 6.08 Å². The number of rotatable bonds is 2. The molecule has 3 rings (SSSR count). The summed E-state index contributed by atoms with van der Waals surface area (Å²) < 4.78 is 0. The molecule has 0 aliphatic heterocycles. The Morgan fingerprint density at radius 2 is 1.88 bits per heavy atom. The monoisotopic (exact) mass is 208 g/mol. The highest BCUT2D eigenvalue weighted by atomic mass is 14.2. The summed E-state index contributed by atoms with van der Waals surface area (Å²) in [5.74, 6) is 1.18. The van der Waals surface area contributed by atoms with Crippen LogP contribution in [0.1, 0.15) is 29.5 Å². The zero-order valence-corrected chi connectivity index (χ0v) is 9.56. The quantitative estimate of drug-likeness (QED) is 0.686. The van der Waals surface area contributed by atoms with Crippen molar-refractivity contribution in [2.45, 2.75) is 19.3 Å². The number of fused-ring (bicyclic) bond motifs is 1. The van der Waals surface area contributed by atoms with E-state index in [0.29, 0.717) is 11.8 Å². The predicted octanol–water partition coefficient (Wildman–Crippen LogP) is 4.10. The van der Waals surface area contributed by atoms with Crippen molar-refractivity contribution in [1.82, 2.24) is 0 Å². The average Bonchev–Trinajstić information content (AvgIpc) is 2.90. The molecule has 0 bridgehead atoms. The molecule has 0 nitrogen and oxygen atoms in total. The van der Waals surface area contributed by atoms with Gasteiger partial charge in [0, 0.05) is 0 Å². The third-order valence-electron chi connectivity index (χ3n) is 3.56. The van der Waals surface area contributed by atoms with Crippen LogP contribution >= 0.6 is 0 Å². The number of hydrogen-bond acceptors (Lipinski definition) is 0. The number of allylic oxidation sites excluding steroid dienone is 5. The van der Waals surface area contributed by atoms with E-state index >= 15 is 0 Å². The predicted molar refractivity (Wildman–Crippen MR) is 69.4 cm³/mol. The summed E-state index contributed by atoms with van der Waals surface area (Å²) >= 11 is 0. The Kier molecular flexibility index (Phi) is 2.28. The van der Waals surface area contributed by atoms with Crippen LogP contribution in [0, 0.1) is 5.92 Å².